The number of hydrogen-bond acceptors (Lipinski definition) is 4. The smallest absolute Gasteiger partial charge is 0.255 e. The van der Waals surface area contributed by atoms with Crippen molar-refractivity contribution in [1.82, 2.24) is 10.3 Å². The molecule has 3 aromatic rings. The van der Waals surface area contributed by atoms with Crippen LogP contribution in [0.15, 0.2) is 67.0 Å². The molecule has 1 amide bonds. The number of carbonyl (C=O) groups is 1. The van der Waals surface area contributed by atoms with Crippen LogP contribution >= 0.6 is 11.6 Å². The van der Waals surface area contributed by atoms with Gasteiger partial charge in [0.15, 0.2) is 0 Å². The zero-order valence-corrected chi connectivity index (χ0v) is 15.5. The summed E-state index contributed by atoms with van der Waals surface area (Å²) in [5, 5.41) is 3.62. The molecule has 0 radical (unpaired) electrons. The highest BCUT2D eigenvalue weighted by atomic mass is 35.5. The summed E-state index contributed by atoms with van der Waals surface area (Å²) in [5.74, 6) is 0.548. The third-order valence-corrected chi connectivity index (χ3v) is 4.80. The summed E-state index contributed by atoms with van der Waals surface area (Å²) in [6.45, 7) is 0.378. The Bertz CT molecular complexity index is 978. The van der Waals surface area contributed by atoms with E-state index in [-0.39, 0.29) is 12.1 Å². The Morgan fingerprint density at radius 3 is 2.85 bits per heavy atom. The van der Waals surface area contributed by atoms with E-state index >= 15 is 0 Å². The van der Waals surface area contributed by atoms with E-state index in [1.807, 2.05) is 60.5 Å². The minimum atomic E-state index is -0.380. The summed E-state index contributed by atoms with van der Waals surface area (Å²) in [6, 6.07) is 16.8. The first-order valence-electron chi connectivity index (χ1n) is 8.57. The number of anilines is 1. The van der Waals surface area contributed by atoms with E-state index in [1.165, 1.54) is 0 Å². The number of hydrogen-bond donors (Lipinski definition) is 1. The molecular weight excluding hydrogens is 362 g/mol. The highest BCUT2D eigenvalue weighted by molar-refractivity contribution is 6.30. The Labute approximate surface area is 162 Å². The molecule has 27 heavy (non-hydrogen) atoms. The monoisotopic (exact) mass is 379 g/mol. The Kier molecular flexibility index (Phi) is 4.69. The molecule has 0 spiro atoms. The summed E-state index contributed by atoms with van der Waals surface area (Å²) in [5.41, 5.74) is 3.28. The number of rotatable bonds is 4. The summed E-state index contributed by atoms with van der Waals surface area (Å²) in [7, 11) is 1.94. The van der Waals surface area contributed by atoms with Crippen molar-refractivity contribution in [3.05, 3.63) is 88.7 Å². The van der Waals surface area contributed by atoms with Gasteiger partial charge < -0.3 is 15.0 Å². The number of carbonyl (C=O) groups excluding carboxylic acids is 1. The molecule has 6 heteroatoms. The molecule has 1 aliphatic heterocycles. The number of benzene rings is 2. The molecule has 1 aromatic heterocycles. The molecule has 0 bridgehead atoms. The number of nitrogens with one attached hydrogen (secondary N) is 1. The predicted molar refractivity (Wildman–Crippen MR) is 105 cm³/mol. The van der Waals surface area contributed by atoms with Crippen molar-refractivity contribution in [1.29, 1.82) is 0 Å². The molecular formula is C21H18ClN3O2. The second-order valence-electron chi connectivity index (χ2n) is 6.34. The average Bonchev–Trinajstić information content (AvgIpc) is 2.70. The SMILES string of the molecule is CN1c2ccccc2C(=O)N[C@H]1c1cc(Cl)ccc1OCc1cccnc1. The van der Waals surface area contributed by atoms with Crippen molar-refractivity contribution in [2.75, 3.05) is 11.9 Å². The van der Waals surface area contributed by atoms with Gasteiger partial charge >= 0.3 is 0 Å². The average molecular weight is 380 g/mol. The lowest BCUT2D eigenvalue weighted by Crippen LogP contribution is -2.44. The number of nitrogens with zero attached hydrogens (tertiary/aromatic N) is 2. The summed E-state index contributed by atoms with van der Waals surface area (Å²) in [6.07, 6.45) is 3.11. The van der Waals surface area contributed by atoms with E-state index in [9.17, 15) is 4.79 Å². The maximum Gasteiger partial charge on any atom is 0.255 e. The van der Waals surface area contributed by atoms with Gasteiger partial charge in [0.2, 0.25) is 0 Å². The molecule has 1 aliphatic rings. The van der Waals surface area contributed by atoms with E-state index in [1.54, 1.807) is 18.5 Å². The van der Waals surface area contributed by atoms with E-state index in [0.29, 0.717) is 22.9 Å². The van der Waals surface area contributed by atoms with Gasteiger partial charge in [0.05, 0.1) is 11.3 Å². The van der Waals surface area contributed by atoms with E-state index in [4.69, 9.17) is 16.3 Å². The molecule has 0 unspecified atom stereocenters. The highest BCUT2D eigenvalue weighted by Crippen LogP contribution is 2.36. The maximum atomic E-state index is 12.6. The van der Waals surface area contributed by atoms with Gasteiger partial charge in [-0.2, -0.15) is 0 Å². The summed E-state index contributed by atoms with van der Waals surface area (Å²) >= 11 is 6.24. The fourth-order valence-corrected chi connectivity index (χ4v) is 3.39. The molecule has 0 saturated carbocycles. The van der Waals surface area contributed by atoms with Crippen LogP contribution in [-0.4, -0.2) is 17.9 Å². The maximum absolute atomic E-state index is 12.6. The molecule has 1 N–H and O–H groups in total. The van der Waals surface area contributed by atoms with Gasteiger partial charge in [0.1, 0.15) is 18.5 Å². The first-order chi connectivity index (χ1) is 13.1. The molecule has 0 saturated heterocycles. The second-order valence-corrected chi connectivity index (χ2v) is 6.77. The Morgan fingerprint density at radius 2 is 2.04 bits per heavy atom. The first-order valence-corrected chi connectivity index (χ1v) is 8.95. The molecule has 2 aromatic carbocycles. The largest absolute Gasteiger partial charge is 0.488 e. The van der Waals surface area contributed by atoms with Crippen LogP contribution < -0.4 is 15.0 Å². The number of amides is 1. The van der Waals surface area contributed by atoms with Gasteiger partial charge in [-0.1, -0.05) is 29.8 Å². The number of pyridine rings is 1. The van der Waals surface area contributed by atoms with Crippen LogP contribution in [0.1, 0.15) is 27.7 Å². The van der Waals surface area contributed by atoms with Gasteiger partial charge in [0, 0.05) is 35.6 Å². The lowest BCUT2D eigenvalue weighted by atomic mass is 10.0. The van der Waals surface area contributed by atoms with Gasteiger partial charge in [0.25, 0.3) is 5.91 Å². The Balaban J connectivity index is 1.67. The lowest BCUT2D eigenvalue weighted by Gasteiger charge is -2.37. The quantitative estimate of drug-likeness (QED) is 0.738. The fourth-order valence-electron chi connectivity index (χ4n) is 3.21. The normalized spacial score (nSPS) is 15.9. The molecule has 0 fully saturated rings. The van der Waals surface area contributed by atoms with Crippen molar-refractivity contribution < 1.29 is 9.53 Å². The van der Waals surface area contributed by atoms with Crippen LogP contribution in [0.3, 0.4) is 0 Å². The van der Waals surface area contributed by atoms with Gasteiger partial charge in [-0.05, 0) is 36.4 Å². The van der Waals surface area contributed by atoms with Crippen molar-refractivity contribution in [3.8, 4) is 5.75 Å². The van der Waals surface area contributed by atoms with Crippen LogP contribution in [0, 0.1) is 0 Å². The Morgan fingerprint density at radius 1 is 1.19 bits per heavy atom. The summed E-state index contributed by atoms with van der Waals surface area (Å²) in [4.78, 5) is 18.7. The topological polar surface area (TPSA) is 54.5 Å². The first kappa shape index (κ1) is 17.4. The van der Waals surface area contributed by atoms with Gasteiger partial charge in [-0.25, -0.2) is 0 Å². The van der Waals surface area contributed by atoms with Crippen LogP contribution in [0.5, 0.6) is 5.75 Å². The molecule has 2 heterocycles. The minimum Gasteiger partial charge on any atom is -0.488 e. The number of aromatic nitrogens is 1. The van der Waals surface area contributed by atoms with Gasteiger partial charge in [-0.15, -0.1) is 0 Å². The lowest BCUT2D eigenvalue weighted by molar-refractivity contribution is 0.0927. The van der Waals surface area contributed by atoms with Crippen molar-refractivity contribution in [2.24, 2.45) is 0 Å². The Hall–Kier alpha value is -3.05. The van der Waals surface area contributed by atoms with Crippen LogP contribution in [0.25, 0.3) is 0 Å². The predicted octanol–water partition coefficient (Wildman–Crippen LogP) is 4.19. The standard InChI is InChI=1S/C21H18ClN3O2/c1-25-18-7-3-2-6-16(18)21(26)24-20(25)17-11-15(22)8-9-19(17)27-13-14-5-4-10-23-12-14/h2-12,20H,13H2,1H3,(H,24,26)/t20-/m1/s1. The third-order valence-electron chi connectivity index (χ3n) is 4.57. The minimum absolute atomic E-state index is 0.119. The van der Waals surface area contributed by atoms with Crippen LogP contribution in [0.4, 0.5) is 5.69 Å². The molecule has 1 atom stereocenters. The zero-order valence-electron chi connectivity index (χ0n) is 14.7. The number of halogens is 1. The van der Waals surface area contributed by atoms with Crippen molar-refractivity contribution in [3.63, 3.8) is 0 Å². The molecule has 0 aliphatic carbocycles. The van der Waals surface area contributed by atoms with Crippen molar-refractivity contribution in [2.45, 2.75) is 12.8 Å². The van der Waals surface area contributed by atoms with Crippen LogP contribution in [0.2, 0.25) is 5.02 Å². The molecule has 4 rings (SSSR count). The van der Waals surface area contributed by atoms with Crippen LogP contribution in [-0.2, 0) is 6.61 Å². The van der Waals surface area contributed by atoms with E-state index in [0.717, 1.165) is 16.8 Å². The van der Waals surface area contributed by atoms with E-state index in [2.05, 4.69) is 10.3 Å². The van der Waals surface area contributed by atoms with Crippen molar-refractivity contribution >= 4 is 23.2 Å². The third kappa shape index (κ3) is 3.46. The summed E-state index contributed by atoms with van der Waals surface area (Å²) < 4.78 is 6.03. The highest BCUT2D eigenvalue weighted by Gasteiger charge is 2.31. The molecule has 5 nitrogen and oxygen atoms in total. The fraction of sp³-hybridized carbons (Fsp3) is 0.143. The number of fused-ring (bicyclic) bond motifs is 1. The molecule has 136 valence electrons. The van der Waals surface area contributed by atoms with Gasteiger partial charge in [-0.3, -0.25) is 9.78 Å². The number of ether oxygens (including phenoxy) is 1. The second kappa shape index (κ2) is 7.29. The van der Waals surface area contributed by atoms with E-state index < -0.39 is 0 Å². The zero-order chi connectivity index (χ0) is 18.8. The number of para-hydroxylation sites is 1.